The molecule has 106 valence electrons. The maximum Gasteiger partial charge on any atom is 0.337 e. The standard InChI is InChI=1S/C14H12N4O2S/c1-8-5-12(21-14-15-7-16-18-14)10-4-3-9(13(19)20-2)6-11(10)17-8/h3-7H,1-2H3,(H,15,16,18). The summed E-state index contributed by atoms with van der Waals surface area (Å²) in [6.07, 6.45) is 1.47. The van der Waals surface area contributed by atoms with E-state index in [0.29, 0.717) is 10.7 Å². The van der Waals surface area contributed by atoms with Gasteiger partial charge in [0.25, 0.3) is 0 Å². The van der Waals surface area contributed by atoms with Crippen LogP contribution in [0.15, 0.2) is 40.6 Å². The normalized spacial score (nSPS) is 10.8. The third-order valence-electron chi connectivity index (χ3n) is 2.92. The van der Waals surface area contributed by atoms with Gasteiger partial charge < -0.3 is 4.74 Å². The molecule has 0 aliphatic rings. The number of hydrogen-bond donors (Lipinski definition) is 1. The largest absolute Gasteiger partial charge is 0.465 e. The Hall–Kier alpha value is -2.41. The van der Waals surface area contributed by atoms with Crippen LogP contribution in [0.2, 0.25) is 0 Å². The number of carbonyl (C=O) groups is 1. The number of H-pyrrole nitrogens is 1. The molecule has 0 aliphatic heterocycles. The number of benzene rings is 1. The Bertz CT molecular complexity index is 802. The zero-order chi connectivity index (χ0) is 14.8. The lowest BCUT2D eigenvalue weighted by Gasteiger charge is -2.07. The highest BCUT2D eigenvalue weighted by molar-refractivity contribution is 7.99. The van der Waals surface area contributed by atoms with Gasteiger partial charge in [0.15, 0.2) is 5.16 Å². The van der Waals surface area contributed by atoms with Gasteiger partial charge in [0.1, 0.15) is 6.33 Å². The average molecular weight is 300 g/mol. The minimum Gasteiger partial charge on any atom is -0.465 e. The second kappa shape index (κ2) is 5.53. The highest BCUT2D eigenvalue weighted by Crippen LogP contribution is 2.31. The number of ether oxygens (including phenoxy) is 1. The quantitative estimate of drug-likeness (QED) is 0.749. The number of aryl methyl sites for hydroxylation is 1. The lowest BCUT2D eigenvalue weighted by atomic mass is 10.1. The van der Waals surface area contributed by atoms with Crippen molar-refractivity contribution in [1.82, 2.24) is 20.2 Å². The Morgan fingerprint density at radius 1 is 1.33 bits per heavy atom. The molecule has 0 radical (unpaired) electrons. The van der Waals surface area contributed by atoms with Gasteiger partial charge in [-0.1, -0.05) is 6.07 Å². The number of methoxy groups -OCH3 is 1. The van der Waals surface area contributed by atoms with Crippen molar-refractivity contribution in [1.29, 1.82) is 0 Å². The van der Waals surface area contributed by atoms with E-state index in [9.17, 15) is 4.79 Å². The molecule has 21 heavy (non-hydrogen) atoms. The van der Waals surface area contributed by atoms with Crippen molar-refractivity contribution in [3.63, 3.8) is 0 Å². The number of esters is 1. The smallest absolute Gasteiger partial charge is 0.337 e. The number of nitrogens with zero attached hydrogens (tertiary/aromatic N) is 3. The van der Waals surface area contributed by atoms with Gasteiger partial charge in [0.2, 0.25) is 0 Å². The minimum absolute atomic E-state index is 0.371. The van der Waals surface area contributed by atoms with Gasteiger partial charge in [-0.2, -0.15) is 5.10 Å². The Kier molecular flexibility index (Phi) is 3.57. The molecule has 0 atom stereocenters. The number of aromatic nitrogens is 4. The van der Waals surface area contributed by atoms with E-state index in [0.717, 1.165) is 21.5 Å². The van der Waals surface area contributed by atoms with Gasteiger partial charge in [0, 0.05) is 16.0 Å². The molecule has 0 fully saturated rings. The van der Waals surface area contributed by atoms with E-state index in [-0.39, 0.29) is 5.97 Å². The van der Waals surface area contributed by atoms with Gasteiger partial charge in [0.05, 0.1) is 18.2 Å². The molecule has 7 heteroatoms. The van der Waals surface area contributed by atoms with Gasteiger partial charge >= 0.3 is 5.97 Å². The first-order valence-electron chi connectivity index (χ1n) is 6.20. The predicted octanol–water partition coefficient (Wildman–Crippen LogP) is 2.60. The maximum atomic E-state index is 11.6. The fourth-order valence-corrected chi connectivity index (χ4v) is 2.92. The second-order valence-corrected chi connectivity index (χ2v) is 5.41. The molecule has 0 saturated carbocycles. The Morgan fingerprint density at radius 3 is 2.90 bits per heavy atom. The molecule has 0 saturated heterocycles. The number of hydrogen-bond acceptors (Lipinski definition) is 6. The summed E-state index contributed by atoms with van der Waals surface area (Å²) in [5, 5.41) is 8.31. The van der Waals surface area contributed by atoms with Crippen LogP contribution < -0.4 is 0 Å². The van der Waals surface area contributed by atoms with E-state index in [2.05, 4.69) is 20.2 Å². The summed E-state index contributed by atoms with van der Waals surface area (Å²) in [6, 6.07) is 7.31. The topological polar surface area (TPSA) is 80.8 Å². The first kappa shape index (κ1) is 13.6. The number of pyridine rings is 1. The van der Waals surface area contributed by atoms with Gasteiger partial charge in [-0.15, -0.1) is 0 Å². The van der Waals surface area contributed by atoms with Crippen LogP contribution in [-0.2, 0) is 4.74 Å². The fraction of sp³-hybridized carbons (Fsp3) is 0.143. The molecule has 2 heterocycles. The molecule has 2 aromatic heterocycles. The fourth-order valence-electron chi connectivity index (χ4n) is 2.00. The molecule has 0 unspecified atom stereocenters. The minimum atomic E-state index is -0.371. The predicted molar refractivity (Wildman–Crippen MR) is 78.3 cm³/mol. The summed E-state index contributed by atoms with van der Waals surface area (Å²) < 4.78 is 4.74. The van der Waals surface area contributed by atoms with Crippen molar-refractivity contribution < 1.29 is 9.53 Å². The van der Waals surface area contributed by atoms with E-state index >= 15 is 0 Å². The first-order chi connectivity index (χ1) is 10.2. The van der Waals surface area contributed by atoms with Crippen LogP contribution in [0.5, 0.6) is 0 Å². The Balaban J connectivity index is 2.10. The zero-order valence-corrected chi connectivity index (χ0v) is 12.3. The molecule has 3 rings (SSSR count). The highest BCUT2D eigenvalue weighted by Gasteiger charge is 2.11. The maximum absolute atomic E-state index is 11.6. The van der Waals surface area contributed by atoms with Crippen LogP contribution in [0.1, 0.15) is 16.1 Å². The summed E-state index contributed by atoms with van der Waals surface area (Å²) in [5.41, 5.74) is 2.10. The van der Waals surface area contributed by atoms with Crippen molar-refractivity contribution in [2.75, 3.05) is 7.11 Å². The molecule has 1 aromatic carbocycles. The van der Waals surface area contributed by atoms with E-state index in [1.165, 1.54) is 25.2 Å². The summed E-state index contributed by atoms with van der Waals surface area (Å²) in [7, 11) is 1.36. The van der Waals surface area contributed by atoms with Gasteiger partial charge in [-0.25, -0.2) is 9.78 Å². The molecule has 0 spiro atoms. The zero-order valence-electron chi connectivity index (χ0n) is 11.5. The van der Waals surface area contributed by atoms with Crippen molar-refractivity contribution in [3.05, 3.63) is 41.9 Å². The van der Waals surface area contributed by atoms with Gasteiger partial charge in [-0.3, -0.25) is 10.1 Å². The highest BCUT2D eigenvalue weighted by atomic mass is 32.2. The summed E-state index contributed by atoms with van der Waals surface area (Å²) in [4.78, 5) is 21.2. The monoisotopic (exact) mass is 300 g/mol. The van der Waals surface area contributed by atoms with Crippen LogP contribution in [0.3, 0.4) is 0 Å². The van der Waals surface area contributed by atoms with Crippen LogP contribution in [0, 0.1) is 6.92 Å². The third kappa shape index (κ3) is 2.73. The average Bonchev–Trinajstić information content (AvgIpc) is 2.98. The van der Waals surface area contributed by atoms with Crippen LogP contribution in [0.4, 0.5) is 0 Å². The van der Waals surface area contributed by atoms with Crippen LogP contribution >= 0.6 is 11.8 Å². The molecule has 0 aliphatic carbocycles. The number of aromatic amines is 1. The number of fused-ring (bicyclic) bond motifs is 1. The van der Waals surface area contributed by atoms with E-state index in [1.54, 1.807) is 12.1 Å². The van der Waals surface area contributed by atoms with E-state index in [4.69, 9.17) is 4.74 Å². The first-order valence-corrected chi connectivity index (χ1v) is 7.02. The molecule has 0 bridgehead atoms. The lowest BCUT2D eigenvalue weighted by molar-refractivity contribution is 0.0601. The van der Waals surface area contributed by atoms with E-state index in [1.807, 2.05) is 19.1 Å². The van der Waals surface area contributed by atoms with E-state index < -0.39 is 0 Å². The Morgan fingerprint density at radius 2 is 2.19 bits per heavy atom. The number of nitrogens with one attached hydrogen (secondary N) is 1. The summed E-state index contributed by atoms with van der Waals surface area (Å²) in [5.74, 6) is -0.371. The number of rotatable bonds is 3. The second-order valence-electron chi connectivity index (χ2n) is 4.38. The van der Waals surface area contributed by atoms with Crippen LogP contribution in [0.25, 0.3) is 10.9 Å². The molecule has 1 N–H and O–H groups in total. The molecule has 6 nitrogen and oxygen atoms in total. The third-order valence-corrected chi connectivity index (χ3v) is 3.87. The van der Waals surface area contributed by atoms with Crippen LogP contribution in [-0.4, -0.2) is 33.2 Å². The van der Waals surface area contributed by atoms with Crippen molar-refractivity contribution in [2.45, 2.75) is 17.0 Å². The Labute approximate surface area is 124 Å². The molecular formula is C14H12N4O2S. The number of carbonyl (C=O) groups excluding carboxylic acids is 1. The van der Waals surface area contributed by atoms with Crippen molar-refractivity contribution in [3.8, 4) is 0 Å². The molecule has 0 amide bonds. The summed E-state index contributed by atoms with van der Waals surface area (Å²) in [6.45, 7) is 1.91. The molecular weight excluding hydrogens is 288 g/mol. The van der Waals surface area contributed by atoms with Gasteiger partial charge in [-0.05, 0) is 36.9 Å². The van der Waals surface area contributed by atoms with Crippen molar-refractivity contribution in [2.24, 2.45) is 0 Å². The SMILES string of the molecule is COC(=O)c1ccc2c(Sc3ncn[nH]3)cc(C)nc2c1. The molecule has 3 aromatic rings. The lowest BCUT2D eigenvalue weighted by Crippen LogP contribution is -2.01. The summed E-state index contributed by atoms with van der Waals surface area (Å²) >= 11 is 1.47. The van der Waals surface area contributed by atoms with Crippen molar-refractivity contribution >= 4 is 28.6 Å².